The Morgan fingerprint density at radius 2 is 2.14 bits per heavy atom. The average molecular weight is 231 g/mol. The fourth-order valence-corrected chi connectivity index (χ4v) is 2.42. The summed E-state index contributed by atoms with van der Waals surface area (Å²) in [7, 11) is 0. The molecule has 0 fully saturated rings. The molecule has 14 heavy (non-hydrogen) atoms. The van der Waals surface area contributed by atoms with Gasteiger partial charge < -0.3 is 5.73 Å². The maximum atomic E-state index is 11.5. The molecule has 0 unspecified atom stereocenters. The zero-order valence-electron chi connectivity index (χ0n) is 8.40. The summed E-state index contributed by atoms with van der Waals surface area (Å²) < 4.78 is 0.750. The van der Waals surface area contributed by atoms with Gasteiger partial charge >= 0.3 is 0 Å². The molecule has 2 N–H and O–H groups in total. The van der Waals surface area contributed by atoms with E-state index in [1.54, 1.807) is 0 Å². The molecule has 0 spiro atoms. The van der Waals surface area contributed by atoms with E-state index in [1.807, 2.05) is 20.8 Å². The van der Waals surface area contributed by atoms with Crippen molar-refractivity contribution in [2.24, 2.45) is 5.41 Å². The van der Waals surface area contributed by atoms with E-state index >= 15 is 0 Å². The van der Waals surface area contributed by atoms with Gasteiger partial charge in [0.15, 0.2) is 4.34 Å². The molecule has 0 aliphatic rings. The highest BCUT2D eigenvalue weighted by atomic mass is 32.2. The van der Waals surface area contributed by atoms with Gasteiger partial charge in [0, 0.05) is 5.41 Å². The predicted octanol–water partition coefficient (Wildman–Crippen LogP) is 1.83. The van der Waals surface area contributed by atoms with Crippen molar-refractivity contribution in [1.29, 1.82) is 0 Å². The lowest BCUT2D eigenvalue weighted by Gasteiger charge is -2.15. The van der Waals surface area contributed by atoms with E-state index in [9.17, 15) is 4.79 Å². The van der Waals surface area contributed by atoms with E-state index in [1.165, 1.54) is 23.1 Å². The minimum atomic E-state index is -0.288. The third kappa shape index (κ3) is 3.26. The van der Waals surface area contributed by atoms with Gasteiger partial charge in [-0.05, 0) is 0 Å². The lowest BCUT2D eigenvalue weighted by molar-refractivity contribution is -0.123. The number of Topliss-reactive ketones (excluding diaryl/α,β-unsaturated/α-hetero) is 1. The number of carbonyl (C=O) groups excluding carboxylic acids is 1. The van der Waals surface area contributed by atoms with Crippen molar-refractivity contribution in [3.05, 3.63) is 0 Å². The van der Waals surface area contributed by atoms with E-state index in [0.29, 0.717) is 10.9 Å². The summed E-state index contributed by atoms with van der Waals surface area (Å²) in [6, 6.07) is 0. The van der Waals surface area contributed by atoms with Crippen LogP contribution in [0.5, 0.6) is 0 Å². The second-order valence-corrected chi connectivity index (χ2v) is 6.10. The maximum Gasteiger partial charge on any atom is 0.203 e. The van der Waals surface area contributed by atoms with Gasteiger partial charge in [-0.15, -0.1) is 10.2 Å². The van der Waals surface area contributed by atoms with Crippen molar-refractivity contribution < 1.29 is 4.79 Å². The Morgan fingerprint density at radius 1 is 1.50 bits per heavy atom. The Labute approximate surface area is 91.3 Å². The van der Waals surface area contributed by atoms with Crippen LogP contribution in [0.4, 0.5) is 5.13 Å². The molecule has 0 bridgehead atoms. The monoisotopic (exact) mass is 231 g/mol. The topological polar surface area (TPSA) is 68.9 Å². The molecule has 1 heterocycles. The normalized spacial score (nSPS) is 11.6. The molecule has 0 aliphatic heterocycles. The zero-order chi connectivity index (χ0) is 10.8. The second kappa shape index (κ2) is 4.27. The molecule has 0 aliphatic carbocycles. The number of hydrogen-bond acceptors (Lipinski definition) is 6. The third-order valence-corrected chi connectivity index (χ3v) is 3.47. The fraction of sp³-hybridized carbons (Fsp3) is 0.625. The third-order valence-electron chi connectivity index (χ3n) is 1.59. The Bertz CT molecular complexity index is 330. The number of ketones is 1. The molecule has 78 valence electrons. The number of rotatable bonds is 3. The van der Waals surface area contributed by atoms with Crippen LogP contribution in [0.2, 0.25) is 0 Å². The molecule has 4 nitrogen and oxygen atoms in total. The van der Waals surface area contributed by atoms with Crippen LogP contribution in [0.25, 0.3) is 0 Å². The summed E-state index contributed by atoms with van der Waals surface area (Å²) in [5, 5.41) is 7.94. The number of nitrogen functional groups attached to an aromatic ring is 1. The van der Waals surface area contributed by atoms with Crippen LogP contribution >= 0.6 is 23.1 Å². The Balaban J connectivity index is 2.46. The van der Waals surface area contributed by atoms with E-state index in [2.05, 4.69) is 10.2 Å². The van der Waals surface area contributed by atoms with Crippen molar-refractivity contribution in [2.75, 3.05) is 11.5 Å². The summed E-state index contributed by atoms with van der Waals surface area (Å²) in [6.07, 6.45) is 0. The Hall–Kier alpha value is -0.620. The molecule has 0 atom stereocenters. The van der Waals surface area contributed by atoms with E-state index in [-0.39, 0.29) is 11.2 Å². The molecule has 0 saturated heterocycles. The van der Waals surface area contributed by atoms with Crippen LogP contribution in [0, 0.1) is 5.41 Å². The smallest absolute Gasteiger partial charge is 0.203 e. The molecule has 1 aromatic heterocycles. The van der Waals surface area contributed by atoms with Gasteiger partial charge in [-0.3, -0.25) is 4.79 Å². The molecule has 0 saturated carbocycles. The standard InChI is InChI=1S/C8H13N3OS2/c1-8(2,3)5(12)4-13-7-11-10-6(9)14-7/h4H2,1-3H3,(H2,9,10). The number of anilines is 1. The van der Waals surface area contributed by atoms with Crippen LogP contribution in [0.15, 0.2) is 4.34 Å². The van der Waals surface area contributed by atoms with Gasteiger partial charge in [-0.1, -0.05) is 43.9 Å². The van der Waals surface area contributed by atoms with Gasteiger partial charge in [0.2, 0.25) is 5.13 Å². The first-order valence-electron chi connectivity index (χ1n) is 4.14. The summed E-state index contributed by atoms with van der Waals surface area (Å²) in [4.78, 5) is 11.5. The van der Waals surface area contributed by atoms with Gasteiger partial charge in [0.1, 0.15) is 5.78 Å². The van der Waals surface area contributed by atoms with Crippen LogP contribution in [0.3, 0.4) is 0 Å². The number of hydrogen-bond donors (Lipinski definition) is 1. The average Bonchev–Trinajstić information content (AvgIpc) is 2.45. The zero-order valence-corrected chi connectivity index (χ0v) is 10.0. The Kier molecular flexibility index (Phi) is 3.49. The first-order valence-corrected chi connectivity index (χ1v) is 5.95. The lowest BCUT2D eigenvalue weighted by atomic mass is 9.92. The molecule has 0 amide bonds. The summed E-state index contributed by atoms with van der Waals surface area (Å²) in [5.74, 6) is 0.634. The van der Waals surface area contributed by atoms with Crippen molar-refractivity contribution in [3.63, 3.8) is 0 Å². The number of nitrogens with zero attached hydrogens (tertiary/aromatic N) is 2. The van der Waals surface area contributed by atoms with Crippen LogP contribution < -0.4 is 5.73 Å². The van der Waals surface area contributed by atoms with E-state index in [4.69, 9.17) is 5.73 Å². The number of nitrogens with two attached hydrogens (primary N) is 1. The van der Waals surface area contributed by atoms with Crippen molar-refractivity contribution in [2.45, 2.75) is 25.1 Å². The van der Waals surface area contributed by atoms with Crippen LogP contribution in [0.1, 0.15) is 20.8 Å². The summed E-state index contributed by atoms with van der Waals surface area (Å²) >= 11 is 2.70. The van der Waals surface area contributed by atoms with Gasteiger partial charge in [0.05, 0.1) is 5.75 Å². The SMILES string of the molecule is CC(C)(C)C(=O)CSc1nnc(N)s1. The molecule has 0 aromatic carbocycles. The molecule has 1 rings (SSSR count). The van der Waals surface area contributed by atoms with Gasteiger partial charge in [-0.2, -0.15) is 0 Å². The maximum absolute atomic E-state index is 11.5. The van der Waals surface area contributed by atoms with Gasteiger partial charge in [-0.25, -0.2) is 0 Å². The molecule has 6 heteroatoms. The highest BCUT2D eigenvalue weighted by molar-refractivity contribution is 8.01. The fourth-order valence-electron chi connectivity index (χ4n) is 0.623. The summed E-state index contributed by atoms with van der Waals surface area (Å²) in [6.45, 7) is 5.72. The minimum absolute atomic E-state index is 0.205. The predicted molar refractivity (Wildman–Crippen MR) is 59.5 cm³/mol. The first kappa shape index (κ1) is 11.5. The van der Waals surface area contributed by atoms with Crippen LogP contribution in [-0.2, 0) is 4.79 Å². The van der Waals surface area contributed by atoms with Crippen molar-refractivity contribution in [3.8, 4) is 0 Å². The van der Waals surface area contributed by atoms with Crippen LogP contribution in [-0.4, -0.2) is 21.7 Å². The summed E-state index contributed by atoms with van der Waals surface area (Å²) in [5.41, 5.74) is 5.13. The second-order valence-electron chi connectivity index (χ2n) is 3.87. The van der Waals surface area contributed by atoms with Crippen molar-refractivity contribution in [1.82, 2.24) is 10.2 Å². The minimum Gasteiger partial charge on any atom is -0.374 e. The molecule has 1 aromatic rings. The Morgan fingerprint density at radius 3 is 2.57 bits per heavy atom. The highest BCUT2D eigenvalue weighted by Crippen LogP contribution is 2.26. The van der Waals surface area contributed by atoms with E-state index < -0.39 is 0 Å². The molecule has 0 radical (unpaired) electrons. The molecular formula is C8H13N3OS2. The van der Waals surface area contributed by atoms with E-state index in [0.717, 1.165) is 4.34 Å². The first-order chi connectivity index (χ1) is 6.39. The van der Waals surface area contributed by atoms with Crippen molar-refractivity contribution >= 4 is 34.0 Å². The lowest BCUT2D eigenvalue weighted by Crippen LogP contribution is -2.21. The number of thioether (sulfide) groups is 1. The quantitative estimate of drug-likeness (QED) is 0.804. The number of aromatic nitrogens is 2. The number of carbonyl (C=O) groups is 1. The largest absolute Gasteiger partial charge is 0.374 e. The van der Waals surface area contributed by atoms with Gasteiger partial charge in [0.25, 0.3) is 0 Å². The highest BCUT2D eigenvalue weighted by Gasteiger charge is 2.21. The molecular weight excluding hydrogens is 218 g/mol.